The molecule has 1 aliphatic carbocycles. The molecule has 128 valence electrons. The van der Waals surface area contributed by atoms with Gasteiger partial charge < -0.3 is 10.1 Å². The van der Waals surface area contributed by atoms with Gasteiger partial charge in [-0.15, -0.1) is 0 Å². The summed E-state index contributed by atoms with van der Waals surface area (Å²) in [5, 5.41) is 2.66. The molecule has 2 aliphatic rings. The normalized spacial score (nSPS) is 23.5. The molecule has 0 aromatic heterocycles. The lowest BCUT2D eigenvalue weighted by atomic mass is 10.0. The number of cyclic esters (lactones) is 1. The Bertz CT molecular complexity index is 691. The Labute approximate surface area is 148 Å². The first-order chi connectivity index (χ1) is 11.4. The maximum Gasteiger partial charge on any atom is 0.414 e. The van der Waals surface area contributed by atoms with Gasteiger partial charge in [0.25, 0.3) is 0 Å². The van der Waals surface area contributed by atoms with Crippen LogP contribution >= 0.6 is 15.9 Å². The molecule has 1 aromatic rings. The maximum absolute atomic E-state index is 12.1. The molecular weight excluding hydrogens is 376 g/mol. The summed E-state index contributed by atoms with van der Waals surface area (Å²) in [6.07, 6.45) is 1.09. The molecule has 3 rings (SSSR count). The number of anilines is 1. The number of rotatable bonds is 3. The fraction of sp³-hybridized carbons (Fsp3) is 0.471. The van der Waals surface area contributed by atoms with Crippen molar-refractivity contribution in [3.05, 3.63) is 29.3 Å². The number of amides is 2. The zero-order valence-corrected chi connectivity index (χ0v) is 15.0. The number of aryl methyl sites for hydroxylation is 1. The van der Waals surface area contributed by atoms with Crippen LogP contribution in [0.25, 0.3) is 0 Å². The van der Waals surface area contributed by atoms with Crippen molar-refractivity contribution in [2.75, 3.05) is 18.0 Å². The monoisotopic (exact) mass is 394 g/mol. The number of alkyl halides is 1. The molecule has 6 nitrogen and oxygen atoms in total. The number of hydrogen-bond acceptors (Lipinski definition) is 4. The summed E-state index contributed by atoms with van der Waals surface area (Å²) in [5.74, 6) is 0.0622. The zero-order chi connectivity index (χ0) is 17.3. The summed E-state index contributed by atoms with van der Waals surface area (Å²) in [6.45, 7) is 2.14. The third kappa shape index (κ3) is 3.61. The Morgan fingerprint density at radius 3 is 2.88 bits per heavy atom. The second-order valence-electron chi connectivity index (χ2n) is 6.14. The number of carbonyl (C=O) groups is 3. The van der Waals surface area contributed by atoms with Gasteiger partial charge in [-0.25, -0.2) is 4.79 Å². The van der Waals surface area contributed by atoms with Crippen LogP contribution in [-0.2, 0) is 27.2 Å². The maximum atomic E-state index is 12.1. The Hall–Kier alpha value is -1.89. The molecule has 1 N–H and O–H groups in total. The van der Waals surface area contributed by atoms with E-state index in [-0.39, 0.29) is 22.6 Å². The van der Waals surface area contributed by atoms with Crippen LogP contribution in [0.5, 0.6) is 0 Å². The minimum absolute atomic E-state index is 0.136. The molecule has 1 fully saturated rings. The molecule has 0 saturated carbocycles. The van der Waals surface area contributed by atoms with Gasteiger partial charge in [0, 0.05) is 19.0 Å². The van der Waals surface area contributed by atoms with Crippen molar-refractivity contribution < 1.29 is 19.1 Å². The first-order valence-electron chi connectivity index (χ1n) is 7.95. The molecule has 1 unspecified atom stereocenters. The van der Waals surface area contributed by atoms with E-state index in [1.165, 1.54) is 6.92 Å². The van der Waals surface area contributed by atoms with Gasteiger partial charge in [0.1, 0.15) is 11.9 Å². The van der Waals surface area contributed by atoms with E-state index in [4.69, 9.17) is 4.74 Å². The predicted octanol–water partition coefficient (Wildman–Crippen LogP) is 1.97. The van der Waals surface area contributed by atoms with Gasteiger partial charge in [-0.05, 0) is 36.1 Å². The zero-order valence-electron chi connectivity index (χ0n) is 13.4. The summed E-state index contributed by atoms with van der Waals surface area (Å²) in [4.78, 5) is 36.4. The molecule has 2 amide bonds. The van der Waals surface area contributed by atoms with E-state index in [2.05, 4.69) is 21.2 Å². The predicted molar refractivity (Wildman–Crippen MR) is 92.5 cm³/mol. The Kier molecular flexibility index (Phi) is 4.89. The number of ether oxygens (including phenoxy) is 1. The van der Waals surface area contributed by atoms with E-state index in [0.29, 0.717) is 32.4 Å². The molecule has 0 radical (unpaired) electrons. The SMILES string of the molecule is CC(=O)NC[C@H]1CN(c2ccc3c(c2)CCC(=O)C(Br)C3)C(=O)O1. The quantitative estimate of drug-likeness (QED) is 0.627. The average Bonchev–Trinajstić information content (AvgIpc) is 2.85. The van der Waals surface area contributed by atoms with E-state index in [1.807, 2.05) is 18.2 Å². The second-order valence-corrected chi connectivity index (χ2v) is 7.25. The Balaban J connectivity index is 1.75. The molecular formula is C17H19BrN2O4. The highest BCUT2D eigenvalue weighted by atomic mass is 79.9. The van der Waals surface area contributed by atoms with Gasteiger partial charge in [-0.2, -0.15) is 0 Å². The summed E-state index contributed by atoms with van der Waals surface area (Å²) in [6, 6.07) is 5.83. The highest BCUT2D eigenvalue weighted by molar-refractivity contribution is 9.10. The first kappa shape index (κ1) is 17.0. The number of nitrogens with zero attached hydrogens (tertiary/aromatic N) is 1. The fourth-order valence-corrected chi connectivity index (χ4v) is 3.61. The second kappa shape index (κ2) is 6.93. The summed E-state index contributed by atoms with van der Waals surface area (Å²) >= 11 is 3.44. The van der Waals surface area contributed by atoms with Crippen molar-refractivity contribution in [3.8, 4) is 0 Å². The highest BCUT2D eigenvalue weighted by Crippen LogP contribution is 2.29. The van der Waals surface area contributed by atoms with Crippen LogP contribution in [-0.4, -0.2) is 41.8 Å². The van der Waals surface area contributed by atoms with Gasteiger partial charge in [-0.1, -0.05) is 22.0 Å². The molecule has 1 saturated heterocycles. The molecule has 0 spiro atoms. The number of halogens is 1. The van der Waals surface area contributed by atoms with Gasteiger partial charge in [-0.3, -0.25) is 14.5 Å². The van der Waals surface area contributed by atoms with Crippen LogP contribution in [0.1, 0.15) is 24.5 Å². The largest absolute Gasteiger partial charge is 0.442 e. The van der Waals surface area contributed by atoms with Crippen molar-refractivity contribution in [2.24, 2.45) is 0 Å². The summed E-state index contributed by atoms with van der Waals surface area (Å²) < 4.78 is 5.29. The molecule has 7 heteroatoms. The number of carbonyl (C=O) groups excluding carboxylic acids is 3. The average molecular weight is 395 g/mol. The number of benzene rings is 1. The number of hydrogen-bond donors (Lipinski definition) is 1. The first-order valence-corrected chi connectivity index (χ1v) is 8.87. The van der Waals surface area contributed by atoms with Crippen LogP contribution in [0.4, 0.5) is 10.5 Å². The van der Waals surface area contributed by atoms with Crippen LogP contribution in [0.2, 0.25) is 0 Å². The van der Waals surface area contributed by atoms with Crippen molar-refractivity contribution in [1.29, 1.82) is 0 Å². The van der Waals surface area contributed by atoms with Crippen molar-refractivity contribution in [3.63, 3.8) is 0 Å². The summed E-state index contributed by atoms with van der Waals surface area (Å²) in [7, 11) is 0. The Morgan fingerprint density at radius 2 is 2.12 bits per heavy atom. The van der Waals surface area contributed by atoms with Gasteiger partial charge >= 0.3 is 6.09 Å². The fourth-order valence-electron chi connectivity index (χ4n) is 3.03. The lowest BCUT2D eigenvalue weighted by Crippen LogP contribution is -2.33. The topological polar surface area (TPSA) is 75.7 Å². The molecule has 0 bridgehead atoms. The van der Waals surface area contributed by atoms with Crippen LogP contribution < -0.4 is 10.2 Å². The minimum atomic E-state index is -0.409. The molecule has 1 aliphatic heterocycles. The third-order valence-corrected chi connectivity index (χ3v) is 5.18. The van der Waals surface area contributed by atoms with Gasteiger partial charge in [0.2, 0.25) is 5.91 Å². The van der Waals surface area contributed by atoms with Gasteiger partial charge in [0.15, 0.2) is 0 Å². The smallest absolute Gasteiger partial charge is 0.414 e. The van der Waals surface area contributed by atoms with Crippen molar-refractivity contribution in [2.45, 2.75) is 37.1 Å². The van der Waals surface area contributed by atoms with Gasteiger partial charge in [0.05, 0.1) is 17.9 Å². The number of Topliss-reactive ketones (excluding diaryl/α,β-unsaturated/α-hetero) is 1. The molecule has 2 atom stereocenters. The van der Waals surface area contributed by atoms with Crippen LogP contribution in [0.3, 0.4) is 0 Å². The molecule has 1 aromatic carbocycles. The lowest BCUT2D eigenvalue weighted by Gasteiger charge is -2.16. The van der Waals surface area contributed by atoms with Crippen LogP contribution in [0, 0.1) is 0 Å². The van der Waals surface area contributed by atoms with E-state index >= 15 is 0 Å². The molecule has 1 heterocycles. The highest BCUT2D eigenvalue weighted by Gasteiger charge is 2.33. The van der Waals surface area contributed by atoms with E-state index in [1.54, 1.807) is 4.90 Å². The van der Waals surface area contributed by atoms with Crippen LogP contribution in [0.15, 0.2) is 18.2 Å². The lowest BCUT2D eigenvalue weighted by molar-refractivity contribution is -0.119. The van der Waals surface area contributed by atoms with E-state index in [0.717, 1.165) is 16.8 Å². The van der Waals surface area contributed by atoms with Crippen molar-refractivity contribution in [1.82, 2.24) is 5.32 Å². The van der Waals surface area contributed by atoms with E-state index in [9.17, 15) is 14.4 Å². The number of fused-ring (bicyclic) bond motifs is 1. The summed E-state index contributed by atoms with van der Waals surface area (Å²) in [5.41, 5.74) is 3.00. The minimum Gasteiger partial charge on any atom is -0.442 e. The number of nitrogens with one attached hydrogen (secondary N) is 1. The molecule has 24 heavy (non-hydrogen) atoms. The Morgan fingerprint density at radius 1 is 1.33 bits per heavy atom. The van der Waals surface area contributed by atoms with E-state index < -0.39 is 6.09 Å². The number of ketones is 1. The van der Waals surface area contributed by atoms with Crippen molar-refractivity contribution >= 4 is 39.4 Å². The third-order valence-electron chi connectivity index (χ3n) is 4.34. The standard InChI is InChI=1S/C17H19BrN2O4/c1-10(21)19-8-14-9-20(17(23)24-14)13-4-2-12-7-15(18)16(22)5-3-11(12)6-13/h2,4,6,14-15H,3,5,7-9H2,1H3,(H,19,21)/t14-,15?/m0/s1.